The number of nitrogens with zero attached hydrogens (tertiary/aromatic N) is 1. The van der Waals surface area contributed by atoms with E-state index in [4.69, 9.17) is 33.7 Å². The normalized spacial score (nSPS) is 17.2. The molecule has 1 saturated carbocycles. The number of nitriles is 1. The Morgan fingerprint density at radius 3 is 2.56 bits per heavy atom. The predicted octanol–water partition coefficient (Wildman–Crippen LogP) is 3.46. The van der Waals surface area contributed by atoms with Crippen molar-refractivity contribution in [1.29, 1.82) is 5.26 Å². The topological polar surface area (TPSA) is 105 Å². The second kappa shape index (κ2) is 7.94. The number of esters is 1. The maximum absolute atomic E-state index is 12.3. The fraction of sp³-hybridized carbons (Fsp3) is 0.471. The second-order valence-corrected chi connectivity index (χ2v) is 6.98. The van der Waals surface area contributed by atoms with Crippen molar-refractivity contribution in [3.05, 3.63) is 27.7 Å². The molecule has 0 aromatic heterocycles. The van der Waals surface area contributed by atoms with Crippen LogP contribution in [-0.2, 0) is 9.53 Å². The Morgan fingerprint density at radius 1 is 1.32 bits per heavy atom. The lowest BCUT2D eigenvalue weighted by Crippen LogP contribution is -2.52. The summed E-state index contributed by atoms with van der Waals surface area (Å²) < 4.78 is 5.16. The van der Waals surface area contributed by atoms with Gasteiger partial charge in [-0.3, -0.25) is 4.79 Å². The zero-order chi connectivity index (χ0) is 18.6. The molecule has 2 rings (SSSR count). The molecule has 6 nitrogen and oxygen atoms in total. The van der Waals surface area contributed by atoms with Crippen molar-refractivity contribution in [3.63, 3.8) is 0 Å². The smallest absolute Gasteiger partial charge is 0.341 e. The molecule has 1 aliphatic carbocycles. The number of rotatable bonds is 4. The summed E-state index contributed by atoms with van der Waals surface area (Å²) in [5.74, 6) is -1.33. The average molecular weight is 384 g/mol. The highest BCUT2D eigenvalue weighted by atomic mass is 35.5. The highest BCUT2D eigenvalue weighted by molar-refractivity contribution is 6.37. The predicted molar refractivity (Wildman–Crippen MR) is 95.3 cm³/mol. The van der Waals surface area contributed by atoms with Crippen LogP contribution in [-0.4, -0.2) is 23.5 Å². The van der Waals surface area contributed by atoms with Gasteiger partial charge in [0.25, 0.3) is 5.91 Å². The Bertz CT molecular complexity index is 725. The molecule has 0 unspecified atom stereocenters. The molecule has 3 N–H and O–H groups in total. The number of hydrogen-bond acceptors (Lipinski definition) is 5. The number of nitrogens with one attached hydrogen (secondary N) is 1. The van der Waals surface area contributed by atoms with Crippen LogP contribution in [0.25, 0.3) is 0 Å². The van der Waals surface area contributed by atoms with Gasteiger partial charge in [-0.05, 0) is 31.9 Å². The first kappa shape index (κ1) is 19.4. The first-order valence-corrected chi connectivity index (χ1v) is 8.72. The van der Waals surface area contributed by atoms with Gasteiger partial charge in [-0.1, -0.05) is 42.5 Å². The first-order chi connectivity index (χ1) is 11.8. The van der Waals surface area contributed by atoms with Gasteiger partial charge in [-0.15, -0.1) is 0 Å². The molecule has 0 bridgehead atoms. The molecule has 0 aliphatic heterocycles. The molecule has 8 heteroatoms. The quantitative estimate of drug-likeness (QED) is 0.611. The van der Waals surface area contributed by atoms with Gasteiger partial charge < -0.3 is 15.8 Å². The van der Waals surface area contributed by atoms with Crippen molar-refractivity contribution in [2.75, 3.05) is 5.73 Å². The lowest BCUT2D eigenvalue weighted by Gasteiger charge is -2.32. The number of ether oxygens (including phenoxy) is 1. The van der Waals surface area contributed by atoms with Crippen LogP contribution in [0.15, 0.2) is 12.1 Å². The summed E-state index contributed by atoms with van der Waals surface area (Å²) in [6.45, 7) is 1.43. The van der Waals surface area contributed by atoms with Gasteiger partial charge >= 0.3 is 5.97 Å². The summed E-state index contributed by atoms with van der Waals surface area (Å²) in [5, 5.41) is 12.5. The summed E-state index contributed by atoms with van der Waals surface area (Å²) in [7, 11) is 0. The summed E-state index contributed by atoms with van der Waals surface area (Å²) in [4.78, 5) is 24.6. The molecule has 1 amide bonds. The van der Waals surface area contributed by atoms with Gasteiger partial charge in [0.1, 0.15) is 5.54 Å². The lowest BCUT2D eigenvalue weighted by atomic mass is 9.83. The van der Waals surface area contributed by atoms with Crippen LogP contribution in [0.1, 0.15) is 49.4 Å². The average Bonchev–Trinajstić information content (AvgIpc) is 2.58. The number of nitrogens with two attached hydrogens (primary N) is 1. The molecule has 1 aliphatic rings. The highest BCUT2D eigenvalue weighted by Crippen LogP contribution is 2.29. The molecule has 0 heterocycles. The molecule has 0 saturated heterocycles. The van der Waals surface area contributed by atoms with Crippen molar-refractivity contribution >= 4 is 40.8 Å². The summed E-state index contributed by atoms with van der Waals surface area (Å²) in [6.07, 6.45) is 2.88. The van der Waals surface area contributed by atoms with E-state index in [1.165, 1.54) is 19.1 Å². The van der Waals surface area contributed by atoms with Gasteiger partial charge in [-0.2, -0.15) is 5.26 Å². The van der Waals surface area contributed by atoms with Crippen molar-refractivity contribution < 1.29 is 14.3 Å². The van der Waals surface area contributed by atoms with E-state index in [1.54, 1.807) is 0 Å². The van der Waals surface area contributed by atoms with Gasteiger partial charge in [0, 0.05) is 5.02 Å². The van der Waals surface area contributed by atoms with Crippen LogP contribution < -0.4 is 11.1 Å². The zero-order valence-electron chi connectivity index (χ0n) is 13.8. The third kappa shape index (κ3) is 4.56. The van der Waals surface area contributed by atoms with E-state index in [1.807, 2.05) is 0 Å². The van der Waals surface area contributed by atoms with Crippen LogP contribution in [0.2, 0.25) is 10.0 Å². The molecule has 1 aromatic carbocycles. The number of nitrogen functional groups attached to an aromatic ring is 1. The molecule has 1 atom stereocenters. The van der Waals surface area contributed by atoms with Crippen molar-refractivity contribution in [2.45, 2.75) is 50.7 Å². The minimum Gasteiger partial charge on any atom is -0.449 e. The first-order valence-electron chi connectivity index (χ1n) is 7.97. The molecule has 134 valence electrons. The monoisotopic (exact) mass is 383 g/mol. The summed E-state index contributed by atoms with van der Waals surface area (Å²) in [5.41, 5.74) is 4.89. The van der Waals surface area contributed by atoms with Crippen LogP contribution in [0.3, 0.4) is 0 Å². The van der Waals surface area contributed by atoms with Crippen molar-refractivity contribution in [1.82, 2.24) is 5.32 Å². The van der Waals surface area contributed by atoms with E-state index in [-0.39, 0.29) is 21.3 Å². The highest BCUT2D eigenvalue weighted by Gasteiger charge is 2.35. The zero-order valence-corrected chi connectivity index (χ0v) is 15.3. The maximum atomic E-state index is 12.3. The SMILES string of the molecule is C[C@@H](OC(=O)c1cc(Cl)cc(Cl)c1N)C(=O)NC1(C#N)CCCCC1. The number of anilines is 1. The van der Waals surface area contributed by atoms with E-state index in [0.29, 0.717) is 12.8 Å². The van der Waals surface area contributed by atoms with Gasteiger partial charge in [0.05, 0.1) is 22.3 Å². The molecule has 25 heavy (non-hydrogen) atoms. The third-order valence-corrected chi connectivity index (χ3v) is 4.78. The number of amides is 1. The number of carbonyl (C=O) groups excluding carboxylic acids is 2. The minimum atomic E-state index is -1.09. The van der Waals surface area contributed by atoms with Crippen LogP contribution in [0.4, 0.5) is 5.69 Å². The Morgan fingerprint density at radius 2 is 1.96 bits per heavy atom. The molecule has 1 aromatic rings. The lowest BCUT2D eigenvalue weighted by molar-refractivity contribution is -0.130. The van der Waals surface area contributed by atoms with Gasteiger partial charge in [0.15, 0.2) is 6.10 Å². The third-order valence-electron chi connectivity index (χ3n) is 4.25. The number of halogens is 2. The van der Waals surface area contributed by atoms with E-state index >= 15 is 0 Å². The standard InChI is InChI=1S/C17H19Cl2N3O3/c1-10(15(23)22-17(9-20)5-3-2-4-6-17)25-16(24)12-7-11(18)8-13(19)14(12)21/h7-8,10H,2-6,21H2,1H3,(H,22,23)/t10-/m1/s1. The van der Waals surface area contributed by atoms with Crippen molar-refractivity contribution in [2.24, 2.45) is 0 Å². The molecule has 1 fully saturated rings. The molecule has 0 spiro atoms. The number of hydrogen-bond donors (Lipinski definition) is 2. The maximum Gasteiger partial charge on any atom is 0.341 e. The molecule has 0 radical (unpaired) electrons. The van der Waals surface area contributed by atoms with Gasteiger partial charge in [-0.25, -0.2) is 4.79 Å². The fourth-order valence-corrected chi connectivity index (χ4v) is 3.28. The van der Waals surface area contributed by atoms with Crippen LogP contribution in [0, 0.1) is 11.3 Å². The van der Waals surface area contributed by atoms with E-state index < -0.39 is 23.5 Å². The number of carbonyl (C=O) groups is 2. The van der Waals surface area contributed by atoms with Gasteiger partial charge in [0.2, 0.25) is 0 Å². The van der Waals surface area contributed by atoms with Crippen LogP contribution in [0.5, 0.6) is 0 Å². The van der Waals surface area contributed by atoms with Crippen LogP contribution >= 0.6 is 23.2 Å². The molecular formula is C17H19Cl2N3O3. The van der Waals surface area contributed by atoms with E-state index in [2.05, 4.69) is 11.4 Å². The molecular weight excluding hydrogens is 365 g/mol. The van der Waals surface area contributed by atoms with E-state index in [0.717, 1.165) is 19.3 Å². The second-order valence-electron chi connectivity index (χ2n) is 6.14. The Labute approximate surface area is 156 Å². The number of benzene rings is 1. The Kier molecular flexibility index (Phi) is 6.15. The fourth-order valence-electron chi connectivity index (χ4n) is 2.79. The Hall–Kier alpha value is -1.97. The summed E-state index contributed by atoms with van der Waals surface area (Å²) >= 11 is 11.8. The van der Waals surface area contributed by atoms with Crippen molar-refractivity contribution in [3.8, 4) is 6.07 Å². The minimum absolute atomic E-state index is 0.00943. The van der Waals surface area contributed by atoms with E-state index in [9.17, 15) is 14.9 Å². The Balaban J connectivity index is 2.06. The largest absolute Gasteiger partial charge is 0.449 e. The summed E-state index contributed by atoms with van der Waals surface area (Å²) in [6, 6.07) is 4.92.